The highest BCUT2D eigenvalue weighted by atomic mass is 32.2. The van der Waals surface area contributed by atoms with Crippen molar-refractivity contribution >= 4 is 40.1 Å². The van der Waals surface area contributed by atoms with Crippen LogP contribution in [-0.4, -0.2) is 11.2 Å². The fourth-order valence-electron chi connectivity index (χ4n) is 2.13. The van der Waals surface area contributed by atoms with Crippen molar-refractivity contribution in [1.82, 2.24) is 4.98 Å². The van der Waals surface area contributed by atoms with Gasteiger partial charge in [-0.3, -0.25) is 4.98 Å². The zero-order chi connectivity index (χ0) is 14.7. The van der Waals surface area contributed by atoms with Gasteiger partial charge >= 0.3 is 0 Å². The molecule has 0 aliphatic rings. The lowest BCUT2D eigenvalue weighted by molar-refractivity contribution is 1.32. The third-order valence-corrected chi connectivity index (χ3v) is 5.15. The number of anilines is 1. The number of fused-ring (bicyclic) bond motifs is 1. The van der Waals surface area contributed by atoms with Crippen molar-refractivity contribution in [2.75, 3.05) is 12.0 Å². The van der Waals surface area contributed by atoms with E-state index in [-0.39, 0.29) is 0 Å². The summed E-state index contributed by atoms with van der Waals surface area (Å²) in [5.41, 5.74) is 8.86. The molecular weight excluding hydrogens is 296 g/mol. The van der Waals surface area contributed by atoms with Crippen molar-refractivity contribution in [1.29, 1.82) is 0 Å². The Hall–Kier alpha value is -1.65. The molecule has 1 heterocycles. The van der Waals surface area contributed by atoms with E-state index in [1.807, 2.05) is 30.1 Å². The highest BCUT2D eigenvalue weighted by Gasteiger charge is 2.04. The maximum Gasteiger partial charge on any atom is 0.0724 e. The number of rotatable bonds is 4. The van der Waals surface area contributed by atoms with E-state index in [4.69, 9.17) is 5.73 Å². The number of hydrogen-bond donors (Lipinski definition) is 1. The number of nitrogens with two attached hydrogens (primary N) is 1. The lowest BCUT2D eigenvalue weighted by atomic mass is 10.2. The summed E-state index contributed by atoms with van der Waals surface area (Å²) in [4.78, 5) is 6.99. The first-order valence-electron chi connectivity index (χ1n) is 6.66. The molecule has 2 N–H and O–H groups in total. The van der Waals surface area contributed by atoms with Crippen molar-refractivity contribution in [3.8, 4) is 0 Å². The van der Waals surface area contributed by atoms with Crippen molar-refractivity contribution in [3.05, 3.63) is 60.3 Å². The molecule has 0 aliphatic carbocycles. The first-order chi connectivity index (χ1) is 10.3. The Bertz CT molecular complexity index is 754. The molecule has 21 heavy (non-hydrogen) atoms. The second kappa shape index (κ2) is 6.41. The number of thioether (sulfide) groups is 2. The summed E-state index contributed by atoms with van der Waals surface area (Å²) in [7, 11) is 0. The number of nitrogen functional groups attached to an aromatic ring is 1. The van der Waals surface area contributed by atoms with Gasteiger partial charge in [-0.05, 0) is 42.2 Å². The standard InChI is InChI=1S/C17H16N2S2/c1-20-14-6-7-15-16(10-14)19-9-8-17(15)21-11-12-2-4-13(18)5-3-12/h2-10H,11,18H2,1H3. The molecule has 106 valence electrons. The molecule has 0 atom stereocenters. The van der Waals surface area contributed by atoms with Crippen LogP contribution in [0.2, 0.25) is 0 Å². The summed E-state index contributed by atoms with van der Waals surface area (Å²) in [6.07, 6.45) is 3.97. The molecule has 0 bridgehead atoms. The Labute approximate surface area is 133 Å². The lowest BCUT2D eigenvalue weighted by Gasteiger charge is -2.07. The molecule has 0 fully saturated rings. The minimum absolute atomic E-state index is 0.808. The topological polar surface area (TPSA) is 38.9 Å². The van der Waals surface area contributed by atoms with E-state index in [0.29, 0.717) is 0 Å². The van der Waals surface area contributed by atoms with E-state index in [9.17, 15) is 0 Å². The quantitative estimate of drug-likeness (QED) is 0.553. The molecule has 0 radical (unpaired) electrons. The second-order valence-corrected chi connectivity index (χ2v) is 6.62. The maximum absolute atomic E-state index is 5.72. The number of hydrogen-bond acceptors (Lipinski definition) is 4. The van der Waals surface area contributed by atoms with Gasteiger partial charge < -0.3 is 5.73 Å². The van der Waals surface area contributed by atoms with Gasteiger partial charge in [0.25, 0.3) is 0 Å². The normalized spacial score (nSPS) is 10.9. The Kier molecular flexibility index (Phi) is 4.36. The predicted octanol–water partition coefficient (Wildman–Crippen LogP) is 4.83. The van der Waals surface area contributed by atoms with E-state index >= 15 is 0 Å². The van der Waals surface area contributed by atoms with Crippen molar-refractivity contribution in [3.63, 3.8) is 0 Å². The average Bonchev–Trinajstić information content (AvgIpc) is 2.53. The Balaban J connectivity index is 1.85. The van der Waals surface area contributed by atoms with Gasteiger partial charge in [0, 0.05) is 32.8 Å². The smallest absolute Gasteiger partial charge is 0.0724 e. The Morgan fingerprint density at radius 3 is 2.62 bits per heavy atom. The molecule has 4 heteroatoms. The SMILES string of the molecule is CSc1ccc2c(SCc3ccc(N)cc3)ccnc2c1. The van der Waals surface area contributed by atoms with Crippen LogP contribution in [0.5, 0.6) is 0 Å². The molecule has 0 amide bonds. The van der Waals surface area contributed by atoms with Crippen LogP contribution in [0.3, 0.4) is 0 Å². The minimum atomic E-state index is 0.808. The van der Waals surface area contributed by atoms with Gasteiger partial charge in [0.1, 0.15) is 0 Å². The molecule has 3 aromatic rings. The van der Waals surface area contributed by atoms with Gasteiger partial charge in [-0.25, -0.2) is 0 Å². The van der Waals surface area contributed by atoms with Crippen LogP contribution in [0.25, 0.3) is 10.9 Å². The van der Waals surface area contributed by atoms with E-state index in [0.717, 1.165) is 17.0 Å². The van der Waals surface area contributed by atoms with E-state index < -0.39 is 0 Å². The second-order valence-electron chi connectivity index (χ2n) is 4.72. The summed E-state index contributed by atoms with van der Waals surface area (Å²) in [5.74, 6) is 0.934. The molecule has 1 aromatic heterocycles. The van der Waals surface area contributed by atoms with Crippen molar-refractivity contribution < 1.29 is 0 Å². The van der Waals surface area contributed by atoms with Gasteiger partial charge in [-0.1, -0.05) is 18.2 Å². The largest absolute Gasteiger partial charge is 0.399 e. The zero-order valence-corrected chi connectivity index (χ0v) is 13.4. The lowest BCUT2D eigenvalue weighted by Crippen LogP contribution is -1.87. The highest BCUT2D eigenvalue weighted by Crippen LogP contribution is 2.31. The van der Waals surface area contributed by atoms with E-state index in [1.165, 1.54) is 20.7 Å². The fourth-order valence-corrected chi connectivity index (χ4v) is 3.56. The van der Waals surface area contributed by atoms with Crippen LogP contribution in [0.1, 0.15) is 5.56 Å². The van der Waals surface area contributed by atoms with Crippen LogP contribution in [0.4, 0.5) is 5.69 Å². The number of nitrogens with zero attached hydrogens (tertiary/aromatic N) is 1. The molecule has 0 saturated heterocycles. The van der Waals surface area contributed by atoms with Crippen molar-refractivity contribution in [2.24, 2.45) is 0 Å². The molecule has 0 aliphatic heterocycles. The van der Waals surface area contributed by atoms with Gasteiger partial charge in [0.05, 0.1) is 5.52 Å². The van der Waals surface area contributed by atoms with Crippen LogP contribution >= 0.6 is 23.5 Å². The third kappa shape index (κ3) is 3.34. The molecule has 0 saturated carbocycles. The third-order valence-electron chi connectivity index (χ3n) is 3.28. The predicted molar refractivity (Wildman–Crippen MR) is 93.9 cm³/mol. The van der Waals surface area contributed by atoms with Crippen LogP contribution in [0.15, 0.2) is 64.5 Å². The number of aromatic nitrogens is 1. The first kappa shape index (κ1) is 14.3. The maximum atomic E-state index is 5.72. The molecule has 3 rings (SSSR count). The van der Waals surface area contributed by atoms with E-state index in [2.05, 4.69) is 47.6 Å². The zero-order valence-electron chi connectivity index (χ0n) is 11.7. The molecule has 0 spiro atoms. The number of benzene rings is 2. The van der Waals surface area contributed by atoms with Gasteiger partial charge in [0.15, 0.2) is 0 Å². The van der Waals surface area contributed by atoms with E-state index in [1.54, 1.807) is 11.8 Å². The summed E-state index contributed by atoms with van der Waals surface area (Å²) >= 11 is 3.58. The monoisotopic (exact) mass is 312 g/mol. The highest BCUT2D eigenvalue weighted by molar-refractivity contribution is 7.99. The summed E-state index contributed by atoms with van der Waals surface area (Å²) < 4.78 is 0. The van der Waals surface area contributed by atoms with Gasteiger partial charge in [-0.2, -0.15) is 0 Å². The molecule has 2 aromatic carbocycles. The Morgan fingerprint density at radius 2 is 1.86 bits per heavy atom. The summed E-state index contributed by atoms with van der Waals surface area (Å²) in [6.45, 7) is 0. The number of pyridine rings is 1. The van der Waals surface area contributed by atoms with Gasteiger partial charge in [-0.15, -0.1) is 23.5 Å². The average molecular weight is 312 g/mol. The molecule has 0 unspecified atom stereocenters. The summed E-state index contributed by atoms with van der Waals surface area (Å²) in [6, 6.07) is 16.6. The first-order valence-corrected chi connectivity index (χ1v) is 8.87. The van der Waals surface area contributed by atoms with Gasteiger partial charge in [0.2, 0.25) is 0 Å². The fraction of sp³-hybridized carbons (Fsp3) is 0.118. The Morgan fingerprint density at radius 1 is 1.05 bits per heavy atom. The van der Waals surface area contributed by atoms with Crippen LogP contribution in [0, 0.1) is 0 Å². The van der Waals surface area contributed by atoms with Crippen LogP contribution in [-0.2, 0) is 5.75 Å². The molecular formula is C17H16N2S2. The molecule has 2 nitrogen and oxygen atoms in total. The summed E-state index contributed by atoms with van der Waals surface area (Å²) in [5, 5.41) is 1.22. The van der Waals surface area contributed by atoms with Crippen molar-refractivity contribution in [2.45, 2.75) is 15.5 Å². The van der Waals surface area contributed by atoms with Crippen LogP contribution < -0.4 is 5.73 Å². The minimum Gasteiger partial charge on any atom is -0.399 e.